The monoisotopic (exact) mass is 320 g/mol. The van der Waals surface area contributed by atoms with Crippen molar-refractivity contribution in [1.82, 2.24) is 10.3 Å². The third-order valence-electron chi connectivity index (χ3n) is 4.80. The first-order chi connectivity index (χ1) is 11.7. The van der Waals surface area contributed by atoms with Crippen LogP contribution in [-0.4, -0.2) is 10.9 Å². The summed E-state index contributed by atoms with van der Waals surface area (Å²) in [7, 11) is 0. The fourth-order valence-corrected chi connectivity index (χ4v) is 3.49. The van der Waals surface area contributed by atoms with E-state index in [9.17, 15) is 4.79 Å². The van der Waals surface area contributed by atoms with Gasteiger partial charge >= 0.3 is 0 Å². The fourth-order valence-electron chi connectivity index (χ4n) is 3.49. The molecule has 122 valence electrons. The molecular weight excluding hydrogens is 300 g/mol. The Bertz CT molecular complexity index is 883. The van der Waals surface area contributed by atoms with Gasteiger partial charge in [-0.25, -0.2) is 0 Å². The maximum absolute atomic E-state index is 12.4. The van der Waals surface area contributed by atoms with Crippen LogP contribution in [0, 0.1) is 0 Å². The zero-order valence-corrected chi connectivity index (χ0v) is 13.7. The van der Waals surface area contributed by atoms with Crippen molar-refractivity contribution >= 4 is 16.9 Å². The first kappa shape index (κ1) is 14.9. The summed E-state index contributed by atoms with van der Waals surface area (Å²) in [6.45, 7) is 1.98. The van der Waals surface area contributed by atoms with Crippen molar-refractivity contribution in [3.8, 4) is 0 Å². The molecular formula is C20H20N2O2. The van der Waals surface area contributed by atoms with Crippen LogP contribution in [0.1, 0.15) is 41.6 Å². The molecule has 1 unspecified atom stereocenters. The Morgan fingerprint density at radius 3 is 2.79 bits per heavy atom. The molecule has 3 aromatic rings. The number of benzene rings is 1. The van der Waals surface area contributed by atoms with Gasteiger partial charge in [0.1, 0.15) is 5.58 Å². The van der Waals surface area contributed by atoms with Crippen LogP contribution in [0.25, 0.3) is 11.0 Å². The van der Waals surface area contributed by atoms with E-state index in [-0.39, 0.29) is 11.9 Å². The highest BCUT2D eigenvalue weighted by Gasteiger charge is 2.17. The van der Waals surface area contributed by atoms with Crippen LogP contribution in [-0.2, 0) is 24.1 Å². The average Bonchev–Trinajstić information content (AvgIpc) is 3.20. The first-order valence-electron chi connectivity index (χ1n) is 8.42. The molecule has 1 aromatic carbocycles. The molecule has 0 fully saturated rings. The number of amides is 1. The third-order valence-corrected chi connectivity index (χ3v) is 4.80. The van der Waals surface area contributed by atoms with Gasteiger partial charge < -0.3 is 9.73 Å². The number of carbonyl (C=O) groups excluding carboxylic acids is 1. The number of aryl methyl sites for hydroxylation is 2. The molecule has 4 rings (SSSR count). The maximum atomic E-state index is 12.4. The van der Waals surface area contributed by atoms with Gasteiger partial charge in [-0.3, -0.25) is 9.78 Å². The minimum atomic E-state index is -0.0390. The number of furan rings is 1. The lowest BCUT2D eigenvalue weighted by Crippen LogP contribution is -2.28. The quantitative estimate of drug-likeness (QED) is 0.797. The van der Waals surface area contributed by atoms with Gasteiger partial charge in [0.05, 0.1) is 18.7 Å². The van der Waals surface area contributed by atoms with Gasteiger partial charge in [-0.1, -0.05) is 0 Å². The summed E-state index contributed by atoms with van der Waals surface area (Å²) in [6, 6.07) is 8.14. The second-order valence-electron chi connectivity index (χ2n) is 6.48. The second-order valence-corrected chi connectivity index (χ2v) is 6.48. The highest BCUT2D eigenvalue weighted by Crippen LogP contribution is 2.30. The van der Waals surface area contributed by atoms with E-state index in [0.717, 1.165) is 34.9 Å². The molecule has 0 spiro atoms. The number of carbonyl (C=O) groups is 1. The van der Waals surface area contributed by atoms with Crippen LogP contribution in [0.15, 0.2) is 47.3 Å². The van der Waals surface area contributed by atoms with Crippen LogP contribution in [0.5, 0.6) is 0 Å². The zero-order valence-electron chi connectivity index (χ0n) is 13.7. The molecule has 0 bridgehead atoms. The molecule has 2 aromatic heterocycles. The molecule has 4 nitrogen and oxygen atoms in total. The predicted molar refractivity (Wildman–Crippen MR) is 92.7 cm³/mol. The number of hydrogen-bond donors (Lipinski definition) is 1. The molecule has 0 saturated heterocycles. The van der Waals surface area contributed by atoms with E-state index in [2.05, 4.69) is 22.4 Å². The number of nitrogens with zero attached hydrogens (tertiary/aromatic N) is 1. The molecule has 0 aliphatic heterocycles. The molecule has 1 N–H and O–H groups in total. The Balaban J connectivity index is 1.51. The van der Waals surface area contributed by atoms with E-state index in [4.69, 9.17) is 4.42 Å². The number of nitrogens with one attached hydrogen (secondary N) is 1. The van der Waals surface area contributed by atoms with Gasteiger partial charge in [-0.2, -0.15) is 0 Å². The van der Waals surface area contributed by atoms with Crippen LogP contribution in [0.4, 0.5) is 0 Å². The molecule has 2 heterocycles. The minimum absolute atomic E-state index is 0.00232. The average molecular weight is 320 g/mol. The van der Waals surface area contributed by atoms with Crippen LogP contribution >= 0.6 is 0 Å². The lowest BCUT2D eigenvalue weighted by atomic mass is 10.0. The smallest absolute Gasteiger partial charge is 0.225 e. The Hall–Kier alpha value is -2.62. The summed E-state index contributed by atoms with van der Waals surface area (Å²) in [5.74, 6) is 0.00232. The molecule has 1 aliphatic rings. The fraction of sp³-hybridized carbons (Fsp3) is 0.300. The van der Waals surface area contributed by atoms with E-state index in [1.54, 1.807) is 18.7 Å². The van der Waals surface area contributed by atoms with Crippen molar-refractivity contribution < 1.29 is 9.21 Å². The number of fused-ring (bicyclic) bond motifs is 2. The molecule has 4 heteroatoms. The molecule has 0 radical (unpaired) electrons. The summed E-state index contributed by atoms with van der Waals surface area (Å²) in [5.41, 5.74) is 5.68. The van der Waals surface area contributed by atoms with Gasteiger partial charge in [0, 0.05) is 23.3 Å². The van der Waals surface area contributed by atoms with Crippen molar-refractivity contribution in [2.24, 2.45) is 0 Å². The summed E-state index contributed by atoms with van der Waals surface area (Å²) >= 11 is 0. The summed E-state index contributed by atoms with van der Waals surface area (Å²) < 4.78 is 5.68. The topological polar surface area (TPSA) is 55.1 Å². The number of hydrogen-bond acceptors (Lipinski definition) is 3. The third kappa shape index (κ3) is 2.80. The minimum Gasteiger partial charge on any atom is -0.464 e. The highest BCUT2D eigenvalue weighted by molar-refractivity contribution is 5.88. The standard InChI is InChI=1S/C20H20N2O2/c1-13(14-5-7-21-8-6-14)22-20(23)11-17-12-24-19-10-16-4-2-3-15(16)9-18(17)19/h5-10,12-13H,2-4,11H2,1H3,(H,22,23). The van der Waals surface area contributed by atoms with E-state index in [0.29, 0.717) is 6.42 Å². The van der Waals surface area contributed by atoms with Gasteiger partial charge in [-0.05, 0) is 67.1 Å². The first-order valence-corrected chi connectivity index (χ1v) is 8.42. The molecule has 1 amide bonds. The van der Waals surface area contributed by atoms with Gasteiger partial charge in [0.25, 0.3) is 0 Å². The molecule has 24 heavy (non-hydrogen) atoms. The Morgan fingerprint density at radius 2 is 2.00 bits per heavy atom. The van der Waals surface area contributed by atoms with E-state index >= 15 is 0 Å². The maximum Gasteiger partial charge on any atom is 0.225 e. The van der Waals surface area contributed by atoms with Crippen molar-refractivity contribution in [2.45, 2.75) is 38.6 Å². The summed E-state index contributed by atoms with van der Waals surface area (Å²) in [6.07, 6.45) is 9.00. The van der Waals surface area contributed by atoms with Crippen LogP contribution < -0.4 is 5.32 Å². The van der Waals surface area contributed by atoms with Crippen molar-refractivity contribution in [3.05, 3.63) is 65.2 Å². The summed E-state index contributed by atoms with van der Waals surface area (Å²) in [5, 5.41) is 4.11. The number of aromatic nitrogens is 1. The number of pyridine rings is 1. The zero-order chi connectivity index (χ0) is 16.5. The normalized spacial score (nSPS) is 14.5. The highest BCUT2D eigenvalue weighted by atomic mass is 16.3. The van der Waals surface area contributed by atoms with Gasteiger partial charge in [-0.15, -0.1) is 0 Å². The van der Waals surface area contributed by atoms with Gasteiger partial charge in [0.15, 0.2) is 0 Å². The Labute approximate surface area is 140 Å². The lowest BCUT2D eigenvalue weighted by Gasteiger charge is -2.13. The van der Waals surface area contributed by atoms with E-state index < -0.39 is 0 Å². The molecule has 1 aliphatic carbocycles. The van der Waals surface area contributed by atoms with Crippen molar-refractivity contribution in [1.29, 1.82) is 0 Å². The largest absolute Gasteiger partial charge is 0.464 e. The summed E-state index contributed by atoms with van der Waals surface area (Å²) in [4.78, 5) is 16.4. The van der Waals surface area contributed by atoms with Gasteiger partial charge in [0.2, 0.25) is 5.91 Å². The van der Waals surface area contributed by atoms with Crippen LogP contribution in [0.2, 0.25) is 0 Å². The SMILES string of the molecule is CC(NC(=O)Cc1coc2cc3c(cc12)CCC3)c1ccncc1. The Kier molecular flexibility index (Phi) is 3.81. The van der Waals surface area contributed by atoms with Crippen LogP contribution in [0.3, 0.4) is 0 Å². The molecule has 0 saturated carbocycles. The Morgan fingerprint density at radius 1 is 1.25 bits per heavy atom. The predicted octanol–water partition coefficient (Wildman–Crippen LogP) is 3.74. The van der Waals surface area contributed by atoms with Crippen molar-refractivity contribution in [2.75, 3.05) is 0 Å². The van der Waals surface area contributed by atoms with E-state index in [1.165, 1.54) is 17.5 Å². The van der Waals surface area contributed by atoms with E-state index in [1.807, 2.05) is 19.1 Å². The second kappa shape index (κ2) is 6.11. The lowest BCUT2D eigenvalue weighted by molar-refractivity contribution is -0.121. The molecule has 1 atom stereocenters. The van der Waals surface area contributed by atoms with Crippen molar-refractivity contribution in [3.63, 3.8) is 0 Å². The number of rotatable bonds is 4.